The van der Waals surface area contributed by atoms with Crippen molar-refractivity contribution in [3.8, 4) is 0 Å². The third-order valence-electron chi connectivity index (χ3n) is 3.61. The predicted molar refractivity (Wildman–Crippen MR) is 77.8 cm³/mol. The fourth-order valence-corrected chi connectivity index (χ4v) is 2.61. The number of piperidine rings is 1. The molecule has 1 heterocycles. The molecule has 18 heavy (non-hydrogen) atoms. The maximum Gasteiger partial charge on any atom is 0.0471 e. The maximum atomic E-state index is 9.28. The normalized spacial score (nSPS) is 23.3. The molecule has 0 saturated carbocycles. The summed E-state index contributed by atoms with van der Waals surface area (Å²) < 4.78 is 0. The Labute approximate surface area is 113 Å². The van der Waals surface area contributed by atoms with Gasteiger partial charge in [0.05, 0.1) is 0 Å². The summed E-state index contributed by atoms with van der Waals surface area (Å²) in [4.78, 5) is 2.52. The van der Waals surface area contributed by atoms with E-state index in [4.69, 9.17) is 0 Å². The zero-order chi connectivity index (χ0) is 13.8. The van der Waals surface area contributed by atoms with Crippen molar-refractivity contribution in [1.82, 2.24) is 10.2 Å². The van der Waals surface area contributed by atoms with Crippen LogP contribution in [0.5, 0.6) is 0 Å². The second kappa shape index (κ2) is 6.36. The monoisotopic (exact) mass is 256 g/mol. The molecule has 2 N–H and O–H groups in total. The van der Waals surface area contributed by atoms with E-state index in [9.17, 15) is 5.11 Å². The third-order valence-corrected chi connectivity index (χ3v) is 3.61. The van der Waals surface area contributed by atoms with Crippen LogP contribution in [0.25, 0.3) is 0 Å². The summed E-state index contributed by atoms with van der Waals surface area (Å²) in [7, 11) is 0. The van der Waals surface area contributed by atoms with Gasteiger partial charge in [0, 0.05) is 31.8 Å². The zero-order valence-corrected chi connectivity index (χ0v) is 12.9. The molecular weight excluding hydrogens is 224 g/mol. The first-order valence-corrected chi connectivity index (χ1v) is 7.30. The van der Waals surface area contributed by atoms with Crippen molar-refractivity contribution in [2.75, 3.05) is 32.8 Å². The molecule has 108 valence electrons. The molecule has 0 aromatic rings. The van der Waals surface area contributed by atoms with Gasteiger partial charge < -0.3 is 15.3 Å². The second-order valence-electron chi connectivity index (χ2n) is 7.69. The van der Waals surface area contributed by atoms with E-state index in [1.807, 2.05) is 0 Å². The molecule has 1 rings (SSSR count). The highest BCUT2D eigenvalue weighted by molar-refractivity contribution is 4.83. The fourth-order valence-electron chi connectivity index (χ4n) is 2.61. The van der Waals surface area contributed by atoms with Crippen molar-refractivity contribution < 1.29 is 5.11 Å². The van der Waals surface area contributed by atoms with Crippen molar-refractivity contribution in [2.45, 2.75) is 53.0 Å². The second-order valence-corrected chi connectivity index (χ2v) is 7.69. The first-order chi connectivity index (χ1) is 8.22. The van der Waals surface area contributed by atoms with Crippen LogP contribution in [0, 0.1) is 11.3 Å². The van der Waals surface area contributed by atoms with E-state index in [1.54, 1.807) is 0 Å². The quantitative estimate of drug-likeness (QED) is 0.791. The topological polar surface area (TPSA) is 35.5 Å². The van der Waals surface area contributed by atoms with E-state index in [0.29, 0.717) is 12.5 Å². The first kappa shape index (κ1) is 15.9. The molecule has 0 aromatic carbocycles. The minimum Gasteiger partial charge on any atom is -0.396 e. The summed E-state index contributed by atoms with van der Waals surface area (Å²) >= 11 is 0. The number of likely N-dealkylation sites (tertiary alicyclic amines) is 1. The minimum atomic E-state index is 0.187. The number of rotatable bonds is 5. The van der Waals surface area contributed by atoms with Crippen LogP contribution in [0.3, 0.4) is 0 Å². The third kappa shape index (κ3) is 6.17. The van der Waals surface area contributed by atoms with E-state index in [0.717, 1.165) is 19.6 Å². The Kier molecular flexibility index (Phi) is 5.63. The van der Waals surface area contributed by atoms with Crippen LogP contribution < -0.4 is 5.32 Å². The van der Waals surface area contributed by atoms with Crippen LogP contribution in [-0.4, -0.2) is 48.3 Å². The summed E-state index contributed by atoms with van der Waals surface area (Å²) in [5.41, 5.74) is 0.470. The molecule has 1 unspecified atom stereocenters. The van der Waals surface area contributed by atoms with Crippen molar-refractivity contribution in [3.05, 3.63) is 0 Å². The Morgan fingerprint density at radius 2 is 1.89 bits per heavy atom. The average molecular weight is 256 g/mol. The van der Waals surface area contributed by atoms with Gasteiger partial charge in [-0.3, -0.25) is 0 Å². The van der Waals surface area contributed by atoms with Gasteiger partial charge in [-0.1, -0.05) is 13.8 Å². The lowest BCUT2D eigenvalue weighted by Gasteiger charge is -2.39. The Balaban J connectivity index is 2.39. The van der Waals surface area contributed by atoms with Gasteiger partial charge in [-0.05, 0) is 51.5 Å². The molecule has 3 heteroatoms. The lowest BCUT2D eigenvalue weighted by atomic mass is 9.89. The smallest absolute Gasteiger partial charge is 0.0471 e. The van der Waals surface area contributed by atoms with E-state index in [2.05, 4.69) is 44.8 Å². The molecule has 1 saturated heterocycles. The van der Waals surface area contributed by atoms with E-state index in [-0.39, 0.29) is 11.0 Å². The summed E-state index contributed by atoms with van der Waals surface area (Å²) in [6.07, 6.45) is 2.42. The van der Waals surface area contributed by atoms with Crippen molar-refractivity contribution in [1.29, 1.82) is 0 Å². The number of hydrogen-bond acceptors (Lipinski definition) is 3. The van der Waals surface area contributed by atoms with Crippen LogP contribution >= 0.6 is 0 Å². The minimum absolute atomic E-state index is 0.187. The van der Waals surface area contributed by atoms with E-state index < -0.39 is 0 Å². The van der Waals surface area contributed by atoms with Crippen molar-refractivity contribution in [3.63, 3.8) is 0 Å². The fraction of sp³-hybridized carbons (Fsp3) is 1.00. The molecule has 0 aromatic heterocycles. The summed E-state index contributed by atoms with van der Waals surface area (Å²) in [5, 5.41) is 12.9. The first-order valence-electron chi connectivity index (χ1n) is 7.30. The van der Waals surface area contributed by atoms with Gasteiger partial charge in [0.15, 0.2) is 0 Å². The van der Waals surface area contributed by atoms with Gasteiger partial charge in [-0.15, -0.1) is 0 Å². The van der Waals surface area contributed by atoms with Gasteiger partial charge in [0.1, 0.15) is 0 Å². The number of hydrogen-bond donors (Lipinski definition) is 2. The van der Waals surface area contributed by atoms with Crippen LogP contribution in [-0.2, 0) is 0 Å². The van der Waals surface area contributed by atoms with Gasteiger partial charge >= 0.3 is 0 Å². The number of nitrogens with zero attached hydrogens (tertiary/aromatic N) is 1. The van der Waals surface area contributed by atoms with E-state index in [1.165, 1.54) is 19.4 Å². The highest BCUT2D eigenvalue weighted by Gasteiger charge is 2.27. The standard InChI is InChI=1S/C15H32N2O/c1-14(2,3)16-11-15(4,5)12-17-8-6-7-13(9-17)10-18/h13,16,18H,6-12H2,1-5H3. The Morgan fingerprint density at radius 1 is 1.22 bits per heavy atom. The Bertz CT molecular complexity index is 245. The van der Waals surface area contributed by atoms with Crippen molar-refractivity contribution in [2.24, 2.45) is 11.3 Å². The molecule has 0 bridgehead atoms. The molecule has 1 fully saturated rings. The SMILES string of the molecule is CC(C)(CNC(C)(C)C)CN1CCCC(CO)C1. The molecule has 0 spiro atoms. The highest BCUT2D eigenvalue weighted by atomic mass is 16.3. The molecule has 1 aliphatic heterocycles. The van der Waals surface area contributed by atoms with E-state index >= 15 is 0 Å². The summed E-state index contributed by atoms with van der Waals surface area (Å²) in [6.45, 7) is 16.1. The number of aliphatic hydroxyl groups excluding tert-OH is 1. The molecule has 0 radical (unpaired) electrons. The van der Waals surface area contributed by atoms with Gasteiger partial charge in [-0.2, -0.15) is 0 Å². The lowest BCUT2D eigenvalue weighted by molar-refractivity contribution is 0.0867. The molecule has 0 aliphatic carbocycles. The van der Waals surface area contributed by atoms with Gasteiger partial charge in [0.2, 0.25) is 0 Å². The lowest BCUT2D eigenvalue weighted by Crippen LogP contribution is -2.48. The molecule has 0 amide bonds. The summed E-state index contributed by atoms with van der Waals surface area (Å²) in [6, 6.07) is 0. The van der Waals surface area contributed by atoms with Crippen molar-refractivity contribution >= 4 is 0 Å². The average Bonchev–Trinajstić information content (AvgIpc) is 2.25. The number of aliphatic hydroxyl groups is 1. The highest BCUT2D eigenvalue weighted by Crippen LogP contribution is 2.22. The maximum absolute atomic E-state index is 9.28. The molecule has 1 aliphatic rings. The van der Waals surface area contributed by atoms with Gasteiger partial charge in [0.25, 0.3) is 0 Å². The van der Waals surface area contributed by atoms with Crippen LogP contribution in [0.4, 0.5) is 0 Å². The van der Waals surface area contributed by atoms with Gasteiger partial charge in [-0.25, -0.2) is 0 Å². The molecule has 3 nitrogen and oxygen atoms in total. The van der Waals surface area contributed by atoms with Crippen LogP contribution in [0.1, 0.15) is 47.5 Å². The van der Waals surface area contributed by atoms with Crippen LogP contribution in [0.2, 0.25) is 0 Å². The molecular formula is C15H32N2O. The van der Waals surface area contributed by atoms with Crippen LogP contribution in [0.15, 0.2) is 0 Å². The Hall–Kier alpha value is -0.120. The number of nitrogens with one attached hydrogen (secondary N) is 1. The molecule has 1 atom stereocenters. The zero-order valence-electron chi connectivity index (χ0n) is 12.9. The predicted octanol–water partition coefficient (Wildman–Crippen LogP) is 2.11. The Morgan fingerprint density at radius 3 is 2.44 bits per heavy atom. The largest absolute Gasteiger partial charge is 0.396 e. The summed E-state index contributed by atoms with van der Waals surface area (Å²) in [5.74, 6) is 0.491.